The first kappa shape index (κ1) is 34.1. The van der Waals surface area contributed by atoms with Crippen molar-refractivity contribution in [1.29, 1.82) is 0 Å². The van der Waals surface area contributed by atoms with Crippen LogP contribution in [0.3, 0.4) is 0 Å². The maximum Gasteiger partial charge on any atom is 0.315 e. The molecule has 0 radical (unpaired) electrons. The SMILES string of the molecule is CC(C)[C@@H](CNS(=O)(=O)C1CC1)NC(=O)N[C@H](C(=O)N1C[C@H]2[C@@H]([C@H]1C(=O)NC(CC1CC1)C(=O)C(N)=O)C2(C)C)C(C)(C)C. The van der Waals surface area contributed by atoms with Gasteiger partial charge in [0.2, 0.25) is 27.6 Å². The number of piperidine rings is 1. The first-order chi connectivity index (χ1) is 20.3. The molecule has 5 amide bonds. The predicted molar refractivity (Wildman–Crippen MR) is 163 cm³/mol. The minimum absolute atomic E-state index is 0.0247. The Bertz CT molecular complexity index is 1280. The first-order valence-corrected chi connectivity index (χ1v) is 17.3. The molecule has 3 saturated carbocycles. The maximum absolute atomic E-state index is 14.2. The van der Waals surface area contributed by atoms with Crippen LogP contribution >= 0.6 is 0 Å². The Kier molecular flexibility index (Phi) is 9.48. The lowest BCUT2D eigenvalue weighted by Gasteiger charge is -2.38. The number of likely N-dealkylation sites (tertiary alicyclic amines) is 1. The number of nitrogens with two attached hydrogens (primary N) is 1. The van der Waals surface area contributed by atoms with Crippen LogP contribution in [0.25, 0.3) is 0 Å². The number of urea groups is 1. The number of sulfonamides is 1. The second-order valence-corrected chi connectivity index (χ2v) is 17.3. The van der Waals surface area contributed by atoms with E-state index < -0.39 is 69.1 Å². The fraction of sp³-hybridized carbons (Fsp3) is 0.833. The van der Waals surface area contributed by atoms with E-state index in [2.05, 4.69) is 20.7 Å². The van der Waals surface area contributed by atoms with E-state index >= 15 is 0 Å². The number of Topliss-reactive ketones (excluding diaryl/α,β-unsaturated/α-hetero) is 1. The number of carbonyl (C=O) groups is 5. The third-order valence-electron chi connectivity index (χ3n) is 9.88. The molecule has 1 heterocycles. The highest BCUT2D eigenvalue weighted by atomic mass is 32.2. The van der Waals surface area contributed by atoms with Crippen LogP contribution in [0.1, 0.15) is 80.6 Å². The molecule has 6 N–H and O–H groups in total. The van der Waals surface area contributed by atoms with Crippen LogP contribution in [0.15, 0.2) is 0 Å². The summed E-state index contributed by atoms with van der Waals surface area (Å²) in [7, 11) is -3.44. The van der Waals surface area contributed by atoms with E-state index in [1.807, 2.05) is 48.5 Å². The molecule has 44 heavy (non-hydrogen) atoms. The third kappa shape index (κ3) is 7.55. The van der Waals surface area contributed by atoms with E-state index in [1.54, 1.807) is 0 Å². The number of carbonyl (C=O) groups excluding carboxylic acids is 5. The summed E-state index contributed by atoms with van der Waals surface area (Å²) in [4.78, 5) is 67.0. The van der Waals surface area contributed by atoms with Crippen molar-refractivity contribution in [1.82, 2.24) is 25.6 Å². The Balaban J connectivity index is 1.48. The number of primary amides is 1. The summed E-state index contributed by atoms with van der Waals surface area (Å²) < 4.78 is 27.3. The molecule has 4 aliphatic rings. The molecule has 3 aliphatic carbocycles. The van der Waals surface area contributed by atoms with E-state index in [-0.39, 0.29) is 40.9 Å². The van der Waals surface area contributed by atoms with Gasteiger partial charge in [-0.2, -0.15) is 0 Å². The molecule has 0 spiro atoms. The van der Waals surface area contributed by atoms with Crippen molar-refractivity contribution in [2.24, 2.45) is 40.2 Å². The summed E-state index contributed by atoms with van der Waals surface area (Å²) in [5, 5.41) is 7.99. The van der Waals surface area contributed by atoms with Gasteiger partial charge in [-0.15, -0.1) is 0 Å². The number of amides is 5. The second kappa shape index (κ2) is 12.2. The number of hydrogen-bond acceptors (Lipinski definition) is 7. The number of hydrogen-bond donors (Lipinski definition) is 5. The summed E-state index contributed by atoms with van der Waals surface area (Å²) in [6.07, 6.45) is 3.40. The summed E-state index contributed by atoms with van der Waals surface area (Å²) in [6, 6.07) is -4.07. The van der Waals surface area contributed by atoms with Crippen LogP contribution in [-0.4, -0.2) is 85.4 Å². The van der Waals surface area contributed by atoms with Crippen LogP contribution in [-0.2, 0) is 29.2 Å². The largest absolute Gasteiger partial charge is 0.363 e. The Morgan fingerprint density at radius 2 is 1.59 bits per heavy atom. The van der Waals surface area contributed by atoms with Crippen molar-refractivity contribution in [3.63, 3.8) is 0 Å². The number of ketones is 1. The van der Waals surface area contributed by atoms with Gasteiger partial charge in [0.05, 0.1) is 11.3 Å². The van der Waals surface area contributed by atoms with E-state index in [9.17, 15) is 32.4 Å². The van der Waals surface area contributed by atoms with Crippen molar-refractivity contribution in [3.8, 4) is 0 Å². The lowest BCUT2D eigenvalue weighted by Crippen LogP contribution is -2.62. The molecule has 0 aromatic rings. The zero-order valence-corrected chi connectivity index (χ0v) is 27.8. The van der Waals surface area contributed by atoms with E-state index in [0.29, 0.717) is 25.8 Å². The van der Waals surface area contributed by atoms with Gasteiger partial charge >= 0.3 is 6.03 Å². The van der Waals surface area contributed by atoms with Crippen molar-refractivity contribution in [2.75, 3.05) is 13.1 Å². The van der Waals surface area contributed by atoms with Gasteiger partial charge in [0.15, 0.2) is 0 Å². The molecule has 0 bridgehead atoms. The van der Waals surface area contributed by atoms with Crippen LogP contribution < -0.4 is 26.4 Å². The Morgan fingerprint density at radius 3 is 2.09 bits per heavy atom. The molecule has 13 nitrogen and oxygen atoms in total. The Hall–Kier alpha value is -2.74. The fourth-order valence-electron chi connectivity index (χ4n) is 6.47. The highest BCUT2D eigenvalue weighted by Crippen LogP contribution is 2.65. The molecule has 248 valence electrons. The van der Waals surface area contributed by atoms with E-state index in [4.69, 9.17) is 5.73 Å². The topological polar surface area (TPSA) is 197 Å². The molecule has 6 atom stereocenters. The number of nitrogens with zero attached hydrogens (tertiary/aromatic N) is 1. The number of rotatable bonds is 14. The van der Waals surface area contributed by atoms with Crippen LogP contribution in [0, 0.1) is 34.5 Å². The minimum atomic E-state index is -3.44. The van der Waals surface area contributed by atoms with Crippen LogP contribution in [0.2, 0.25) is 0 Å². The molecule has 1 unspecified atom stereocenters. The Morgan fingerprint density at radius 1 is 0.977 bits per heavy atom. The van der Waals surface area contributed by atoms with Crippen molar-refractivity contribution >= 4 is 39.6 Å². The molecule has 14 heteroatoms. The third-order valence-corrected chi connectivity index (χ3v) is 11.8. The van der Waals surface area contributed by atoms with Gasteiger partial charge in [0, 0.05) is 19.1 Å². The van der Waals surface area contributed by atoms with Crippen molar-refractivity contribution < 1.29 is 32.4 Å². The monoisotopic (exact) mass is 638 g/mol. The predicted octanol–water partition coefficient (Wildman–Crippen LogP) is 0.629. The quantitative estimate of drug-likeness (QED) is 0.172. The summed E-state index contributed by atoms with van der Waals surface area (Å²) in [6.45, 7) is 13.6. The molecule has 0 aromatic heterocycles. The lowest BCUT2D eigenvalue weighted by molar-refractivity contribution is -0.145. The smallest absolute Gasteiger partial charge is 0.315 e. The molecule has 0 aromatic carbocycles. The number of nitrogens with one attached hydrogen (secondary N) is 4. The Labute approximate surface area is 260 Å². The normalized spacial score (nSPS) is 26.3. The maximum atomic E-state index is 14.2. The van der Waals surface area contributed by atoms with Crippen LogP contribution in [0.4, 0.5) is 4.79 Å². The molecule has 1 aliphatic heterocycles. The summed E-state index contributed by atoms with van der Waals surface area (Å²) >= 11 is 0. The van der Waals surface area contributed by atoms with Gasteiger partial charge in [-0.25, -0.2) is 17.9 Å². The van der Waals surface area contributed by atoms with Gasteiger partial charge in [0.1, 0.15) is 12.1 Å². The zero-order chi connectivity index (χ0) is 32.9. The van der Waals surface area contributed by atoms with Gasteiger partial charge in [-0.05, 0) is 53.8 Å². The standard InChI is InChI=1S/C30H50N6O7S/c1-15(2)20(13-32-44(42,43)17-10-11-17)34-28(41)35-24(29(3,4)5)27(40)36-14-18-21(30(18,6)7)22(36)26(39)33-19(12-16-8-9-16)23(37)25(31)38/h15-22,24,32H,8-14H2,1-7H3,(H2,31,38)(H,33,39)(H2,34,35,41)/t18-,19?,20+,21-,22-,24+/m0/s1. The van der Waals surface area contributed by atoms with Gasteiger partial charge in [-0.1, -0.05) is 61.3 Å². The van der Waals surface area contributed by atoms with Crippen LogP contribution in [0.5, 0.6) is 0 Å². The fourth-order valence-corrected chi connectivity index (χ4v) is 7.88. The number of fused-ring (bicyclic) bond motifs is 1. The molecule has 1 saturated heterocycles. The highest BCUT2D eigenvalue weighted by Gasteiger charge is 2.70. The molecular weight excluding hydrogens is 588 g/mol. The molecule has 4 fully saturated rings. The zero-order valence-electron chi connectivity index (χ0n) is 26.9. The van der Waals surface area contributed by atoms with Crippen molar-refractivity contribution in [2.45, 2.75) is 110 Å². The molecule has 4 rings (SSSR count). The van der Waals surface area contributed by atoms with Gasteiger partial charge in [-0.3, -0.25) is 19.2 Å². The average molecular weight is 639 g/mol. The second-order valence-electron chi connectivity index (χ2n) is 15.2. The van der Waals surface area contributed by atoms with E-state index in [1.165, 1.54) is 4.90 Å². The lowest BCUT2D eigenvalue weighted by atomic mass is 9.85. The summed E-state index contributed by atoms with van der Waals surface area (Å²) in [5.74, 6) is -2.82. The average Bonchev–Trinajstić information content (AvgIpc) is 3.84. The molecular formula is C30H50N6O7S. The van der Waals surface area contributed by atoms with Crippen molar-refractivity contribution in [3.05, 3.63) is 0 Å². The summed E-state index contributed by atoms with van der Waals surface area (Å²) in [5.41, 5.74) is 4.34. The highest BCUT2D eigenvalue weighted by molar-refractivity contribution is 7.90. The van der Waals surface area contributed by atoms with Gasteiger partial charge < -0.3 is 26.6 Å². The van der Waals surface area contributed by atoms with Gasteiger partial charge in [0.25, 0.3) is 5.91 Å². The minimum Gasteiger partial charge on any atom is -0.363 e. The van der Waals surface area contributed by atoms with E-state index in [0.717, 1.165) is 12.8 Å². The first-order valence-electron chi connectivity index (χ1n) is 15.8.